The third-order valence-corrected chi connectivity index (χ3v) is 2.50. The zero-order valence-corrected chi connectivity index (χ0v) is 9.12. The minimum atomic E-state index is -0.378. The van der Waals surface area contributed by atoms with Gasteiger partial charge in [0, 0.05) is 20.0 Å². The average molecular weight is 229 g/mol. The Kier molecular flexibility index (Phi) is 3.12. The molecular weight excluding hydrogens is 218 g/mol. The van der Waals surface area contributed by atoms with Crippen LogP contribution in [0.2, 0.25) is 0 Å². The number of esters is 1. The molecule has 7 heteroatoms. The highest BCUT2D eigenvalue weighted by molar-refractivity contribution is 6.99. The van der Waals surface area contributed by atoms with Crippen molar-refractivity contribution in [1.82, 2.24) is 8.75 Å². The number of carbonyl (C=O) groups is 1. The molecule has 1 aliphatic rings. The molecule has 0 bridgehead atoms. The molecule has 1 saturated heterocycles. The van der Waals surface area contributed by atoms with E-state index < -0.39 is 0 Å². The van der Waals surface area contributed by atoms with Crippen LogP contribution >= 0.6 is 11.7 Å². The Morgan fingerprint density at radius 1 is 1.47 bits per heavy atom. The van der Waals surface area contributed by atoms with Crippen LogP contribution in [0, 0.1) is 0 Å². The molecule has 2 rings (SSSR count). The lowest BCUT2D eigenvalue weighted by Gasteiger charge is -2.26. The highest BCUT2D eigenvalue weighted by Crippen LogP contribution is 2.26. The molecule has 15 heavy (non-hydrogen) atoms. The molecule has 0 unspecified atom stereocenters. The maximum atomic E-state index is 10.8. The lowest BCUT2D eigenvalue weighted by Crippen LogP contribution is -2.36. The smallest absolute Gasteiger partial charge is 0.309 e. The van der Waals surface area contributed by atoms with Crippen molar-refractivity contribution in [3.05, 3.63) is 0 Å². The van der Waals surface area contributed by atoms with Crippen molar-refractivity contribution < 1.29 is 14.3 Å². The maximum Gasteiger partial charge on any atom is 0.309 e. The molecule has 2 heterocycles. The minimum Gasteiger partial charge on any atom is -0.403 e. The van der Waals surface area contributed by atoms with Gasteiger partial charge in [0.15, 0.2) is 0 Å². The minimum absolute atomic E-state index is 0.300. The van der Waals surface area contributed by atoms with Gasteiger partial charge in [-0.1, -0.05) is 0 Å². The van der Waals surface area contributed by atoms with Crippen LogP contribution in [-0.2, 0) is 9.53 Å². The molecular formula is C8H11N3O3S. The van der Waals surface area contributed by atoms with Crippen LogP contribution in [-0.4, -0.2) is 41.0 Å². The highest BCUT2D eigenvalue weighted by Gasteiger charge is 2.20. The van der Waals surface area contributed by atoms with Gasteiger partial charge in [-0.2, -0.15) is 4.37 Å². The molecule has 0 atom stereocenters. The van der Waals surface area contributed by atoms with Crippen molar-refractivity contribution in [2.24, 2.45) is 0 Å². The second kappa shape index (κ2) is 4.54. The first-order valence-corrected chi connectivity index (χ1v) is 5.34. The van der Waals surface area contributed by atoms with E-state index in [4.69, 9.17) is 9.47 Å². The van der Waals surface area contributed by atoms with Gasteiger partial charge in [-0.25, -0.2) is 0 Å². The van der Waals surface area contributed by atoms with Gasteiger partial charge in [0.2, 0.25) is 5.82 Å². The summed E-state index contributed by atoms with van der Waals surface area (Å²) in [6.07, 6.45) is 0. The fourth-order valence-electron chi connectivity index (χ4n) is 1.34. The van der Waals surface area contributed by atoms with E-state index in [9.17, 15) is 4.79 Å². The molecule has 1 aromatic heterocycles. The Morgan fingerprint density at radius 2 is 2.20 bits per heavy atom. The van der Waals surface area contributed by atoms with E-state index in [0.717, 1.165) is 24.8 Å². The first-order chi connectivity index (χ1) is 7.27. The molecule has 1 fully saturated rings. The van der Waals surface area contributed by atoms with Gasteiger partial charge in [0.1, 0.15) is 0 Å². The number of hydrogen-bond acceptors (Lipinski definition) is 7. The predicted molar refractivity (Wildman–Crippen MR) is 54.3 cm³/mol. The zero-order valence-electron chi connectivity index (χ0n) is 8.30. The predicted octanol–water partition coefficient (Wildman–Crippen LogP) is 0.300. The summed E-state index contributed by atoms with van der Waals surface area (Å²) >= 11 is 1.04. The van der Waals surface area contributed by atoms with Gasteiger partial charge in [-0.3, -0.25) is 4.79 Å². The van der Waals surface area contributed by atoms with Crippen LogP contribution in [0.25, 0.3) is 0 Å². The van der Waals surface area contributed by atoms with Crippen molar-refractivity contribution >= 4 is 23.5 Å². The molecule has 1 aromatic rings. The summed E-state index contributed by atoms with van der Waals surface area (Å²) in [6.45, 7) is 4.18. The topological polar surface area (TPSA) is 64.5 Å². The normalized spacial score (nSPS) is 16.5. The number of rotatable bonds is 2. The van der Waals surface area contributed by atoms with Crippen molar-refractivity contribution in [2.45, 2.75) is 6.92 Å². The fourth-order valence-corrected chi connectivity index (χ4v) is 1.85. The Balaban J connectivity index is 2.12. The van der Waals surface area contributed by atoms with E-state index >= 15 is 0 Å². The number of nitrogens with zero attached hydrogens (tertiary/aromatic N) is 3. The quantitative estimate of drug-likeness (QED) is 0.680. The molecule has 0 aliphatic carbocycles. The molecule has 82 valence electrons. The number of morpholine rings is 1. The second-order valence-corrected chi connectivity index (χ2v) is 3.61. The Morgan fingerprint density at radius 3 is 2.87 bits per heavy atom. The monoisotopic (exact) mass is 229 g/mol. The number of ether oxygens (including phenoxy) is 2. The summed E-state index contributed by atoms with van der Waals surface area (Å²) < 4.78 is 18.2. The number of hydrogen-bond donors (Lipinski definition) is 0. The van der Waals surface area contributed by atoms with Crippen LogP contribution in [0.15, 0.2) is 0 Å². The van der Waals surface area contributed by atoms with E-state index in [2.05, 4.69) is 8.75 Å². The van der Waals surface area contributed by atoms with Gasteiger partial charge in [0.05, 0.1) is 24.9 Å². The second-order valence-electron chi connectivity index (χ2n) is 3.09. The van der Waals surface area contributed by atoms with Crippen LogP contribution in [0.1, 0.15) is 6.92 Å². The van der Waals surface area contributed by atoms with Crippen LogP contribution < -0.4 is 9.64 Å². The van der Waals surface area contributed by atoms with Crippen LogP contribution in [0.3, 0.4) is 0 Å². The summed E-state index contributed by atoms with van der Waals surface area (Å²) in [5.41, 5.74) is 0. The van der Waals surface area contributed by atoms with Gasteiger partial charge in [-0.15, -0.1) is 4.37 Å². The van der Waals surface area contributed by atoms with Gasteiger partial charge in [-0.05, 0) is 0 Å². The molecule has 0 spiro atoms. The summed E-state index contributed by atoms with van der Waals surface area (Å²) in [7, 11) is 0. The highest BCUT2D eigenvalue weighted by atomic mass is 32.1. The number of anilines is 1. The molecule has 0 amide bonds. The van der Waals surface area contributed by atoms with Crippen molar-refractivity contribution in [1.29, 1.82) is 0 Å². The summed E-state index contributed by atoms with van der Waals surface area (Å²) in [6, 6.07) is 0. The number of carbonyl (C=O) groups excluding carboxylic acids is 1. The first kappa shape index (κ1) is 10.3. The SMILES string of the molecule is CC(=O)Oc1nsnc1N1CCOCC1. The molecule has 1 aliphatic heterocycles. The van der Waals surface area contributed by atoms with Gasteiger partial charge < -0.3 is 14.4 Å². The first-order valence-electron chi connectivity index (χ1n) is 4.61. The van der Waals surface area contributed by atoms with Crippen LogP contribution in [0.5, 0.6) is 5.88 Å². The van der Waals surface area contributed by atoms with E-state index in [1.54, 1.807) is 0 Å². The molecule has 0 radical (unpaired) electrons. The summed E-state index contributed by atoms with van der Waals surface area (Å²) in [5, 5.41) is 0. The van der Waals surface area contributed by atoms with E-state index in [0.29, 0.717) is 24.9 Å². The lowest BCUT2D eigenvalue weighted by atomic mass is 10.4. The average Bonchev–Trinajstić information content (AvgIpc) is 2.66. The third-order valence-electron chi connectivity index (χ3n) is 1.99. The van der Waals surface area contributed by atoms with E-state index in [1.165, 1.54) is 6.92 Å². The van der Waals surface area contributed by atoms with Gasteiger partial charge in [0.25, 0.3) is 5.88 Å². The summed E-state index contributed by atoms with van der Waals surface area (Å²) in [4.78, 5) is 12.8. The molecule has 0 N–H and O–H groups in total. The van der Waals surface area contributed by atoms with Gasteiger partial charge >= 0.3 is 5.97 Å². The zero-order chi connectivity index (χ0) is 10.7. The van der Waals surface area contributed by atoms with Crippen molar-refractivity contribution in [3.63, 3.8) is 0 Å². The Bertz CT molecular complexity index is 349. The third kappa shape index (κ3) is 2.42. The lowest BCUT2D eigenvalue weighted by molar-refractivity contribution is -0.132. The summed E-state index contributed by atoms with van der Waals surface area (Å²) in [5.74, 6) is 0.560. The number of aromatic nitrogens is 2. The maximum absolute atomic E-state index is 10.8. The fraction of sp³-hybridized carbons (Fsp3) is 0.625. The Hall–Kier alpha value is -1.21. The van der Waals surface area contributed by atoms with Crippen molar-refractivity contribution in [2.75, 3.05) is 31.2 Å². The standard InChI is InChI=1S/C8H11N3O3S/c1-6(12)14-8-7(9-15-10-8)11-2-4-13-5-3-11/h2-5H2,1H3. The largest absolute Gasteiger partial charge is 0.403 e. The van der Waals surface area contributed by atoms with E-state index in [1.807, 2.05) is 4.90 Å². The van der Waals surface area contributed by atoms with E-state index in [-0.39, 0.29) is 5.97 Å². The van der Waals surface area contributed by atoms with Crippen LogP contribution in [0.4, 0.5) is 5.82 Å². The Labute approximate surface area is 91.1 Å². The molecule has 0 saturated carbocycles. The molecule has 0 aromatic carbocycles. The van der Waals surface area contributed by atoms with Crippen molar-refractivity contribution in [3.8, 4) is 5.88 Å². The molecule has 6 nitrogen and oxygen atoms in total.